The first-order valence-electron chi connectivity index (χ1n) is 8.28. The third-order valence-corrected chi connectivity index (χ3v) is 3.92. The van der Waals surface area contributed by atoms with Crippen molar-refractivity contribution in [2.45, 2.75) is 19.4 Å². The van der Waals surface area contributed by atoms with Crippen LogP contribution in [0.5, 0.6) is 5.75 Å². The first kappa shape index (κ1) is 17.9. The number of ether oxygens (including phenoxy) is 1. The van der Waals surface area contributed by atoms with E-state index in [0.29, 0.717) is 29.0 Å². The van der Waals surface area contributed by atoms with Crippen LogP contribution in [-0.4, -0.2) is 27.6 Å². The number of carbonyl (C=O) groups excluding carboxylic acids is 1. The highest BCUT2D eigenvalue weighted by Gasteiger charge is 2.09. The topological polar surface area (TPSA) is 79.9 Å². The van der Waals surface area contributed by atoms with Crippen molar-refractivity contribution in [2.75, 3.05) is 6.54 Å². The normalized spacial score (nSPS) is 10.5. The van der Waals surface area contributed by atoms with Crippen LogP contribution >= 0.6 is 11.6 Å². The molecular formula is C19H19ClN4O2. The standard InChI is InChI=1S/C19H19ClN4O2/c20-15-6-8-16(9-7-15)26-13-18-22-17(23-24-18)12-19(25)21-11-10-14-4-2-1-3-5-14/h1-9H,10-13H2,(H,21,25)(H,22,23,24). The Bertz CT molecular complexity index is 834. The van der Waals surface area contributed by atoms with E-state index in [0.717, 1.165) is 6.42 Å². The van der Waals surface area contributed by atoms with Crippen molar-refractivity contribution in [3.05, 3.63) is 76.8 Å². The van der Waals surface area contributed by atoms with Crippen LogP contribution in [0.2, 0.25) is 5.02 Å². The minimum Gasteiger partial charge on any atom is -0.486 e. The lowest BCUT2D eigenvalue weighted by atomic mass is 10.1. The molecule has 26 heavy (non-hydrogen) atoms. The van der Waals surface area contributed by atoms with Gasteiger partial charge in [-0.1, -0.05) is 41.9 Å². The van der Waals surface area contributed by atoms with Crippen molar-refractivity contribution >= 4 is 17.5 Å². The van der Waals surface area contributed by atoms with E-state index in [1.807, 2.05) is 30.3 Å². The molecule has 0 saturated heterocycles. The van der Waals surface area contributed by atoms with Crippen LogP contribution < -0.4 is 10.1 Å². The molecule has 0 bridgehead atoms. The van der Waals surface area contributed by atoms with E-state index in [-0.39, 0.29) is 18.9 Å². The van der Waals surface area contributed by atoms with Gasteiger partial charge in [-0.3, -0.25) is 9.89 Å². The maximum Gasteiger partial charge on any atom is 0.227 e. The van der Waals surface area contributed by atoms with Gasteiger partial charge in [0.05, 0.1) is 6.42 Å². The minimum atomic E-state index is -0.106. The minimum absolute atomic E-state index is 0.106. The molecule has 0 unspecified atom stereocenters. The number of aromatic nitrogens is 3. The molecule has 7 heteroatoms. The second-order valence-electron chi connectivity index (χ2n) is 5.70. The molecule has 1 heterocycles. The van der Waals surface area contributed by atoms with E-state index in [9.17, 15) is 4.79 Å². The predicted molar refractivity (Wildman–Crippen MR) is 99.0 cm³/mol. The molecule has 0 radical (unpaired) electrons. The Morgan fingerprint density at radius 1 is 1.12 bits per heavy atom. The fourth-order valence-corrected chi connectivity index (χ4v) is 2.48. The number of rotatable bonds is 8. The van der Waals surface area contributed by atoms with Gasteiger partial charge in [-0.25, -0.2) is 4.98 Å². The predicted octanol–water partition coefficient (Wildman–Crippen LogP) is 2.94. The Labute approximate surface area is 156 Å². The van der Waals surface area contributed by atoms with Gasteiger partial charge in [-0.2, -0.15) is 5.10 Å². The molecule has 0 spiro atoms. The number of carbonyl (C=O) groups is 1. The third-order valence-electron chi connectivity index (χ3n) is 3.66. The molecule has 0 atom stereocenters. The molecule has 134 valence electrons. The zero-order valence-electron chi connectivity index (χ0n) is 14.1. The quantitative estimate of drug-likeness (QED) is 0.639. The molecular weight excluding hydrogens is 352 g/mol. The summed E-state index contributed by atoms with van der Waals surface area (Å²) in [5.74, 6) is 1.58. The molecule has 1 amide bonds. The highest BCUT2D eigenvalue weighted by Crippen LogP contribution is 2.16. The molecule has 2 aromatic carbocycles. The summed E-state index contributed by atoms with van der Waals surface area (Å²) in [7, 11) is 0. The lowest BCUT2D eigenvalue weighted by Gasteiger charge is -2.04. The molecule has 0 fully saturated rings. The summed E-state index contributed by atoms with van der Waals surface area (Å²) in [6.45, 7) is 0.823. The second kappa shape index (κ2) is 9.01. The van der Waals surface area contributed by atoms with E-state index in [4.69, 9.17) is 16.3 Å². The summed E-state index contributed by atoms with van der Waals surface area (Å²) in [6.07, 6.45) is 0.924. The van der Waals surface area contributed by atoms with Gasteiger partial charge >= 0.3 is 0 Å². The molecule has 0 aliphatic heterocycles. The SMILES string of the molecule is O=C(Cc1n[nH]c(COc2ccc(Cl)cc2)n1)NCCc1ccccc1. The van der Waals surface area contributed by atoms with E-state index < -0.39 is 0 Å². The van der Waals surface area contributed by atoms with Gasteiger partial charge in [0.2, 0.25) is 5.91 Å². The van der Waals surface area contributed by atoms with Gasteiger partial charge in [-0.15, -0.1) is 0 Å². The van der Waals surface area contributed by atoms with E-state index in [1.54, 1.807) is 24.3 Å². The van der Waals surface area contributed by atoms with Gasteiger partial charge in [0, 0.05) is 11.6 Å². The Morgan fingerprint density at radius 3 is 2.65 bits per heavy atom. The number of amides is 1. The fourth-order valence-electron chi connectivity index (χ4n) is 2.36. The van der Waals surface area contributed by atoms with Crippen molar-refractivity contribution in [2.24, 2.45) is 0 Å². The molecule has 0 aliphatic rings. The zero-order chi connectivity index (χ0) is 18.2. The van der Waals surface area contributed by atoms with Crippen LogP contribution in [0.4, 0.5) is 0 Å². The number of nitrogens with one attached hydrogen (secondary N) is 2. The van der Waals surface area contributed by atoms with Crippen LogP contribution in [0.25, 0.3) is 0 Å². The van der Waals surface area contributed by atoms with Gasteiger partial charge in [0.25, 0.3) is 0 Å². The van der Waals surface area contributed by atoms with Crippen LogP contribution in [-0.2, 0) is 24.2 Å². The van der Waals surface area contributed by atoms with Crippen molar-refractivity contribution in [1.82, 2.24) is 20.5 Å². The number of hydrogen-bond acceptors (Lipinski definition) is 4. The maximum atomic E-state index is 12.0. The zero-order valence-corrected chi connectivity index (χ0v) is 14.9. The smallest absolute Gasteiger partial charge is 0.227 e. The van der Waals surface area contributed by atoms with Crippen LogP contribution in [0, 0.1) is 0 Å². The Hall–Kier alpha value is -2.86. The first-order chi connectivity index (χ1) is 12.7. The Morgan fingerprint density at radius 2 is 1.88 bits per heavy atom. The lowest BCUT2D eigenvalue weighted by molar-refractivity contribution is -0.120. The highest BCUT2D eigenvalue weighted by molar-refractivity contribution is 6.30. The molecule has 2 N–H and O–H groups in total. The average Bonchev–Trinajstić information content (AvgIpc) is 3.09. The van der Waals surface area contributed by atoms with E-state index >= 15 is 0 Å². The summed E-state index contributed by atoms with van der Waals surface area (Å²) in [4.78, 5) is 16.2. The molecule has 6 nitrogen and oxygen atoms in total. The van der Waals surface area contributed by atoms with Crippen LogP contribution in [0.3, 0.4) is 0 Å². The number of hydrogen-bond donors (Lipinski definition) is 2. The molecule has 0 saturated carbocycles. The fraction of sp³-hybridized carbons (Fsp3) is 0.211. The van der Waals surface area contributed by atoms with Crippen molar-refractivity contribution in [3.8, 4) is 5.75 Å². The molecule has 0 aliphatic carbocycles. The third kappa shape index (κ3) is 5.60. The highest BCUT2D eigenvalue weighted by atomic mass is 35.5. The van der Waals surface area contributed by atoms with Gasteiger partial charge in [0.1, 0.15) is 12.4 Å². The average molecular weight is 371 g/mol. The Balaban J connectivity index is 1.41. The summed E-state index contributed by atoms with van der Waals surface area (Å²) >= 11 is 5.83. The maximum absolute atomic E-state index is 12.0. The van der Waals surface area contributed by atoms with Gasteiger partial charge in [0.15, 0.2) is 11.6 Å². The first-order valence-corrected chi connectivity index (χ1v) is 8.66. The van der Waals surface area contributed by atoms with Crippen molar-refractivity contribution < 1.29 is 9.53 Å². The van der Waals surface area contributed by atoms with Gasteiger partial charge in [-0.05, 0) is 36.2 Å². The van der Waals surface area contributed by atoms with E-state index in [2.05, 4.69) is 20.5 Å². The summed E-state index contributed by atoms with van der Waals surface area (Å²) < 4.78 is 5.59. The summed E-state index contributed by atoms with van der Waals surface area (Å²) in [6, 6.07) is 17.1. The van der Waals surface area contributed by atoms with Crippen LogP contribution in [0.1, 0.15) is 17.2 Å². The summed E-state index contributed by atoms with van der Waals surface area (Å²) in [5.41, 5.74) is 1.19. The monoisotopic (exact) mass is 370 g/mol. The van der Waals surface area contributed by atoms with Crippen LogP contribution in [0.15, 0.2) is 54.6 Å². The summed E-state index contributed by atoms with van der Waals surface area (Å²) in [5, 5.41) is 10.4. The number of aromatic amines is 1. The van der Waals surface area contributed by atoms with E-state index in [1.165, 1.54) is 5.56 Å². The number of nitrogens with zero attached hydrogens (tertiary/aromatic N) is 2. The Kier molecular flexibility index (Phi) is 6.22. The number of H-pyrrole nitrogens is 1. The van der Waals surface area contributed by atoms with Gasteiger partial charge < -0.3 is 10.1 Å². The lowest BCUT2D eigenvalue weighted by Crippen LogP contribution is -2.27. The second-order valence-corrected chi connectivity index (χ2v) is 6.14. The van der Waals surface area contributed by atoms with Crippen molar-refractivity contribution in [1.29, 1.82) is 0 Å². The largest absolute Gasteiger partial charge is 0.486 e. The molecule has 3 rings (SSSR count). The molecule has 3 aromatic rings. The number of benzene rings is 2. The number of halogens is 1. The molecule has 1 aromatic heterocycles. The van der Waals surface area contributed by atoms with Crippen molar-refractivity contribution in [3.63, 3.8) is 0 Å².